The van der Waals surface area contributed by atoms with Crippen LogP contribution in [0.2, 0.25) is 0 Å². The SMILES string of the molecule is CCC(=O)NCC(=O)NCCN1C[C@@H](C)C[C@H]2O[C@]3(CC[C@H]4[C@@H]5CC=C6C[C@@H](O)CC[C@]6(C)[C@H]5CC45CC53C)[C@H](C)[C@@H]21. The minimum atomic E-state index is -0.145. The van der Waals surface area contributed by atoms with E-state index in [1.165, 1.54) is 32.1 Å². The molecule has 0 aromatic heterocycles. The lowest BCUT2D eigenvalue weighted by atomic mass is 9.56. The smallest absolute Gasteiger partial charge is 0.239 e. The number of hydrogen-bond acceptors (Lipinski definition) is 5. The number of piperidine rings is 1. The van der Waals surface area contributed by atoms with Gasteiger partial charge in [0, 0.05) is 43.4 Å². The molecule has 2 saturated heterocycles. The first-order valence-corrected chi connectivity index (χ1v) is 17.3. The number of aliphatic hydroxyl groups is 1. The number of ether oxygens (including phenoxy) is 1. The maximum atomic E-state index is 12.3. The van der Waals surface area contributed by atoms with Gasteiger partial charge in [0.05, 0.1) is 24.4 Å². The van der Waals surface area contributed by atoms with Gasteiger partial charge in [-0.15, -0.1) is 0 Å². The van der Waals surface area contributed by atoms with Crippen molar-refractivity contribution >= 4 is 11.8 Å². The highest BCUT2D eigenvalue weighted by Gasteiger charge is 2.84. The molecule has 12 atom stereocenters. The molecule has 0 bridgehead atoms. The molecule has 2 unspecified atom stereocenters. The Bertz CT molecular complexity index is 1160. The quantitative estimate of drug-likeness (QED) is 0.404. The van der Waals surface area contributed by atoms with E-state index in [0.29, 0.717) is 36.3 Å². The van der Waals surface area contributed by atoms with Crippen LogP contribution in [0.4, 0.5) is 0 Å². The lowest BCUT2D eigenvalue weighted by molar-refractivity contribution is -0.148. The van der Waals surface area contributed by atoms with Crippen LogP contribution in [-0.2, 0) is 14.3 Å². The van der Waals surface area contributed by atoms with Crippen LogP contribution in [0, 0.1) is 45.8 Å². The number of aliphatic hydroxyl groups excluding tert-OH is 1. The van der Waals surface area contributed by atoms with Gasteiger partial charge in [-0.1, -0.05) is 46.3 Å². The van der Waals surface area contributed by atoms with Crippen LogP contribution in [0.5, 0.6) is 0 Å². The van der Waals surface area contributed by atoms with Crippen molar-refractivity contribution in [2.45, 2.75) is 123 Å². The topological polar surface area (TPSA) is 90.9 Å². The summed E-state index contributed by atoms with van der Waals surface area (Å²) in [6.45, 7) is 14.3. The van der Waals surface area contributed by atoms with Crippen molar-refractivity contribution in [2.24, 2.45) is 45.8 Å². The fraction of sp³-hybridized carbons (Fsp3) is 0.886. The van der Waals surface area contributed by atoms with Gasteiger partial charge in [0.15, 0.2) is 0 Å². The van der Waals surface area contributed by atoms with Gasteiger partial charge in [0.2, 0.25) is 11.8 Å². The Morgan fingerprint density at radius 3 is 2.71 bits per heavy atom. The number of rotatable bonds is 6. The van der Waals surface area contributed by atoms with Gasteiger partial charge >= 0.3 is 0 Å². The summed E-state index contributed by atoms with van der Waals surface area (Å²) < 4.78 is 7.45. The van der Waals surface area contributed by atoms with Crippen molar-refractivity contribution in [2.75, 3.05) is 26.2 Å². The highest BCUT2D eigenvalue weighted by atomic mass is 16.5. The second-order valence-corrected chi connectivity index (χ2v) is 16.2. The molecule has 2 heterocycles. The summed E-state index contributed by atoms with van der Waals surface area (Å²) in [7, 11) is 0. The average Bonchev–Trinajstić information content (AvgIpc) is 3.29. The number of allylic oxidation sites excluding steroid dienone is 1. The van der Waals surface area contributed by atoms with Crippen molar-refractivity contribution in [3.8, 4) is 0 Å². The molecule has 7 heteroatoms. The van der Waals surface area contributed by atoms with E-state index in [1.807, 2.05) is 0 Å². The molecule has 6 fully saturated rings. The van der Waals surface area contributed by atoms with E-state index in [0.717, 1.165) is 56.5 Å². The second-order valence-electron chi connectivity index (χ2n) is 16.2. The van der Waals surface area contributed by atoms with Crippen molar-refractivity contribution in [3.63, 3.8) is 0 Å². The first-order valence-electron chi connectivity index (χ1n) is 17.3. The summed E-state index contributed by atoms with van der Waals surface area (Å²) in [6.07, 6.45) is 13.6. The summed E-state index contributed by atoms with van der Waals surface area (Å²) in [6, 6.07) is 0.401. The molecule has 2 spiro atoms. The third-order valence-corrected chi connectivity index (χ3v) is 14.5. The molecule has 0 aromatic rings. The van der Waals surface area contributed by atoms with Gasteiger partial charge < -0.3 is 20.5 Å². The molecule has 42 heavy (non-hydrogen) atoms. The van der Waals surface area contributed by atoms with E-state index in [1.54, 1.807) is 12.5 Å². The first kappa shape index (κ1) is 29.3. The van der Waals surface area contributed by atoms with E-state index in [-0.39, 0.29) is 47.0 Å². The summed E-state index contributed by atoms with van der Waals surface area (Å²) in [5.41, 5.74) is 2.44. The number of hydrogen-bond donors (Lipinski definition) is 3. The van der Waals surface area contributed by atoms with Crippen LogP contribution in [-0.4, -0.2) is 71.9 Å². The number of fused-ring (bicyclic) bond motifs is 6. The third-order valence-electron chi connectivity index (χ3n) is 14.5. The zero-order valence-electron chi connectivity index (χ0n) is 26.7. The highest BCUT2D eigenvalue weighted by molar-refractivity contribution is 5.84. The van der Waals surface area contributed by atoms with E-state index >= 15 is 0 Å². The first-order chi connectivity index (χ1) is 20.0. The predicted octanol–water partition coefficient (Wildman–Crippen LogP) is 4.44. The molecule has 2 amide bonds. The molecule has 3 N–H and O–H groups in total. The number of carbonyl (C=O) groups is 2. The van der Waals surface area contributed by atoms with E-state index < -0.39 is 0 Å². The lowest BCUT2D eigenvalue weighted by Gasteiger charge is -2.50. The Morgan fingerprint density at radius 2 is 1.93 bits per heavy atom. The Morgan fingerprint density at radius 1 is 1.12 bits per heavy atom. The van der Waals surface area contributed by atoms with Crippen LogP contribution in [0.25, 0.3) is 0 Å². The maximum Gasteiger partial charge on any atom is 0.239 e. The maximum absolute atomic E-state index is 12.3. The Hall–Kier alpha value is -1.44. The molecule has 5 aliphatic carbocycles. The zero-order valence-corrected chi connectivity index (χ0v) is 26.7. The highest BCUT2D eigenvalue weighted by Crippen LogP contribution is 2.87. The van der Waals surface area contributed by atoms with Gasteiger partial charge in [0.1, 0.15) is 0 Å². The number of nitrogens with one attached hydrogen (secondary N) is 2. The number of likely N-dealkylation sites (tertiary alicyclic amines) is 1. The van der Waals surface area contributed by atoms with Gasteiger partial charge in [-0.3, -0.25) is 14.5 Å². The molecule has 234 valence electrons. The number of nitrogens with zero attached hydrogens (tertiary/aromatic N) is 1. The summed E-state index contributed by atoms with van der Waals surface area (Å²) in [5, 5.41) is 16.2. The molecule has 0 aromatic carbocycles. The van der Waals surface area contributed by atoms with Gasteiger partial charge in [-0.05, 0) is 92.3 Å². The zero-order chi connectivity index (χ0) is 29.7. The van der Waals surface area contributed by atoms with Crippen molar-refractivity contribution < 1.29 is 19.4 Å². The second kappa shape index (κ2) is 10.0. The van der Waals surface area contributed by atoms with Crippen LogP contribution in [0.3, 0.4) is 0 Å². The Labute approximate surface area is 253 Å². The largest absolute Gasteiger partial charge is 0.393 e. The minimum absolute atomic E-state index is 0.0533. The van der Waals surface area contributed by atoms with Crippen LogP contribution in [0.15, 0.2) is 11.6 Å². The standard InChI is InChI=1S/C35H55N3O4/c1-6-29(40)37-18-30(41)36-13-14-38-19-21(2)15-28-31(38)22(3)35(42-28)12-10-26-25-8-7-23-16-24(39)9-11-32(23,4)27(25)17-34(26)20-33(34,35)5/h7,21-22,24-28,31,39H,6,8-20H2,1-5H3,(H,36,41)(H,37,40)/t21-,22+,24-,25-,26-,27-,28+,31-,32-,33?,34?,35+/m0/s1. The lowest BCUT2D eigenvalue weighted by Crippen LogP contribution is -2.55. The van der Waals surface area contributed by atoms with Gasteiger partial charge in [0.25, 0.3) is 0 Å². The Balaban J connectivity index is 1.07. The van der Waals surface area contributed by atoms with Gasteiger partial charge in [-0.2, -0.15) is 0 Å². The fourth-order valence-corrected chi connectivity index (χ4v) is 12.4. The fourth-order valence-electron chi connectivity index (χ4n) is 12.4. The van der Waals surface area contributed by atoms with Crippen molar-refractivity contribution in [3.05, 3.63) is 11.6 Å². The van der Waals surface area contributed by atoms with Crippen molar-refractivity contribution in [1.29, 1.82) is 0 Å². The molecule has 7 nitrogen and oxygen atoms in total. The average molecular weight is 582 g/mol. The minimum Gasteiger partial charge on any atom is -0.393 e. The van der Waals surface area contributed by atoms with E-state index in [4.69, 9.17) is 4.74 Å². The molecule has 2 aliphatic heterocycles. The molecule has 7 rings (SSSR count). The summed E-state index contributed by atoms with van der Waals surface area (Å²) in [4.78, 5) is 26.5. The Kier molecular flexibility index (Phi) is 7.00. The number of carbonyl (C=O) groups excluding carboxylic acids is 2. The normalized spacial score (nSPS) is 50.6. The molecule has 7 aliphatic rings. The van der Waals surface area contributed by atoms with E-state index in [9.17, 15) is 14.7 Å². The summed E-state index contributed by atoms with van der Waals surface area (Å²) in [5.74, 6) is 3.21. The van der Waals surface area contributed by atoms with E-state index in [2.05, 4.69) is 49.3 Å². The number of amides is 2. The van der Waals surface area contributed by atoms with Crippen molar-refractivity contribution in [1.82, 2.24) is 15.5 Å². The summed E-state index contributed by atoms with van der Waals surface area (Å²) >= 11 is 0. The molecule has 4 saturated carbocycles. The molecular weight excluding hydrogens is 526 g/mol. The van der Waals surface area contributed by atoms with Crippen LogP contribution >= 0.6 is 0 Å². The molecular formula is C35H55N3O4. The van der Waals surface area contributed by atoms with Crippen LogP contribution < -0.4 is 10.6 Å². The predicted molar refractivity (Wildman–Crippen MR) is 162 cm³/mol. The van der Waals surface area contributed by atoms with Crippen LogP contribution in [0.1, 0.15) is 98.8 Å². The monoisotopic (exact) mass is 581 g/mol. The molecule has 0 radical (unpaired) electrons. The third kappa shape index (κ3) is 4.00. The van der Waals surface area contributed by atoms with Gasteiger partial charge in [-0.25, -0.2) is 0 Å².